The molecule has 0 aromatic rings. The van der Waals surface area contributed by atoms with Gasteiger partial charge >= 0.3 is 0 Å². The first kappa shape index (κ1) is 35.5. The van der Waals surface area contributed by atoms with Gasteiger partial charge in [0.2, 0.25) is 0 Å². The second-order valence-electron chi connectivity index (χ2n) is 11.7. The number of nitrogens with zero attached hydrogens (tertiary/aromatic N) is 1. The molecule has 0 bridgehead atoms. The Morgan fingerprint density at radius 2 is 0.611 bits per heavy atom. The second-order valence-corrected chi connectivity index (χ2v) is 11.7. The molecule has 0 aromatic carbocycles. The van der Waals surface area contributed by atoms with Crippen LogP contribution >= 0.6 is 0 Å². The molecule has 0 radical (unpaired) electrons. The van der Waals surface area contributed by atoms with Crippen molar-refractivity contribution in [1.29, 1.82) is 0 Å². The van der Waals surface area contributed by atoms with Crippen molar-refractivity contribution in [3.8, 4) is 0 Å². The molecule has 0 heterocycles. The lowest BCUT2D eigenvalue weighted by molar-refractivity contribution is -0.454. The Balaban J connectivity index is 3.21. The summed E-state index contributed by atoms with van der Waals surface area (Å²) in [5.74, 6) is 0. The Morgan fingerprint density at radius 1 is 0.361 bits per heavy atom. The molecule has 0 aromatic heterocycles. The minimum atomic E-state index is 0.705. The molecule has 0 rings (SSSR count). The summed E-state index contributed by atoms with van der Waals surface area (Å²) in [6, 6.07) is 0. The summed E-state index contributed by atoms with van der Waals surface area (Å²) in [5, 5.41) is 12.0. The maximum atomic E-state index is 12.0. The van der Waals surface area contributed by atoms with Crippen LogP contribution < -0.4 is 0 Å². The molecular weight excluding hydrogens is 438 g/mol. The van der Waals surface area contributed by atoms with Crippen LogP contribution in [0.4, 0.5) is 0 Å². The first-order valence-corrected chi connectivity index (χ1v) is 17.1. The summed E-state index contributed by atoms with van der Waals surface area (Å²) in [4.78, 5) is 0. The third-order valence-electron chi connectivity index (χ3n) is 7.87. The lowest BCUT2D eigenvalue weighted by Gasteiger charge is -2.05. The smallest absolute Gasteiger partial charge is 0.153 e. The van der Waals surface area contributed by atoms with E-state index in [0.29, 0.717) is 6.54 Å². The number of hydrogen-bond donors (Lipinski definition) is 0. The first-order valence-electron chi connectivity index (χ1n) is 17.1. The van der Waals surface area contributed by atoms with E-state index in [1.165, 1.54) is 185 Å². The van der Waals surface area contributed by atoms with Gasteiger partial charge in [-0.2, -0.15) is 0 Å². The average Bonchev–Trinajstić information content (AvgIpc) is 2.88. The zero-order valence-corrected chi connectivity index (χ0v) is 25.4. The Kier molecular flexibility index (Phi) is 32.0. The summed E-state index contributed by atoms with van der Waals surface area (Å²) >= 11 is 0. The van der Waals surface area contributed by atoms with E-state index in [1.54, 1.807) is 0 Å². The van der Waals surface area contributed by atoms with Crippen molar-refractivity contribution in [1.82, 2.24) is 0 Å². The van der Waals surface area contributed by atoms with Gasteiger partial charge in [0.1, 0.15) is 0 Å². The van der Waals surface area contributed by atoms with E-state index in [2.05, 4.69) is 13.8 Å². The van der Waals surface area contributed by atoms with Crippen LogP contribution in [0.3, 0.4) is 0 Å². The number of unbranched alkanes of at least 4 members (excludes halogenated alkanes) is 28. The molecule has 0 fully saturated rings. The van der Waals surface area contributed by atoms with Crippen LogP contribution in [0.1, 0.15) is 206 Å². The lowest BCUT2D eigenvalue weighted by atomic mass is 10.0. The van der Waals surface area contributed by atoms with Gasteiger partial charge in [0.05, 0.1) is 0 Å². The van der Waals surface area contributed by atoms with Gasteiger partial charge in [-0.25, -0.2) is 4.74 Å². The van der Waals surface area contributed by atoms with Crippen molar-refractivity contribution < 1.29 is 4.74 Å². The zero-order chi connectivity index (χ0) is 26.2. The van der Waals surface area contributed by atoms with Crippen molar-refractivity contribution >= 4 is 6.21 Å². The van der Waals surface area contributed by atoms with Crippen LogP contribution in [-0.4, -0.2) is 17.5 Å². The number of hydroxylamine groups is 1. The van der Waals surface area contributed by atoms with Crippen LogP contribution in [0.15, 0.2) is 0 Å². The van der Waals surface area contributed by atoms with E-state index < -0.39 is 0 Å². The van der Waals surface area contributed by atoms with Crippen molar-refractivity contribution in [2.75, 3.05) is 6.54 Å². The van der Waals surface area contributed by atoms with Crippen molar-refractivity contribution in [2.24, 2.45) is 0 Å². The Hall–Kier alpha value is -0.530. The minimum Gasteiger partial charge on any atom is -0.624 e. The quantitative estimate of drug-likeness (QED) is 0.0301. The highest BCUT2D eigenvalue weighted by atomic mass is 16.5. The van der Waals surface area contributed by atoms with E-state index in [1.807, 2.05) is 6.21 Å². The summed E-state index contributed by atoms with van der Waals surface area (Å²) in [5.41, 5.74) is 0. The molecule has 0 aliphatic rings. The molecule has 216 valence electrons. The summed E-state index contributed by atoms with van der Waals surface area (Å²) in [6.07, 6.45) is 43.0. The van der Waals surface area contributed by atoms with E-state index in [9.17, 15) is 5.21 Å². The van der Waals surface area contributed by atoms with Gasteiger partial charge in [0.25, 0.3) is 0 Å². The standard InChI is InChI=1S/C34H69NO/c1-3-5-7-9-11-13-15-17-19-20-22-24-26-28-30-32-34-35(36)33-31-29-27-25-23-21-18-16-14-12-10-8-6-4-2/h34H,3-33H2,1-2H3. The third kappa shape index (κ3) is 31.5. The highest BCUT2D eigenvalue weighted by Gasteiger charge is 1.98. The summed E-state index contributed by atoms with van der Waals surface area (Å²) in [7, 11) is 0. The number of hydrogen-bond acceptors (Lipinski definition) is 1. The van der Waals surface area contributed by atoms with Gasteiger partial charge in [0, 0.05) is 12.8 Å². The van der Waals surface area contributed by atoms with Gasteiger partial charge in [-0.3, -0.25) is 0 Å². The molecule has 0 amide bonds. The molecule has 0 unspecified atom stereocenters. The predicted molar refractivity (Wildman–Crippen MR) is 164 cm³/mol. The minimum absolute atomic E-state index is 0.705. The molecule has 2 heteroatoms. The molecule has 0 spiro atoms. The van der Waals surface area contributed by atoms with Gasteiger partial charge in [-0.05, 0) is 12.8 Å². The molecule has 0 atom stereocenters. The van der Waals surface area contributed by atoms with Crippen LogP contribution in [0.25, 0.3) is 0 Å². The molecule has 36 heavy (non-hydrogen) atoms. The highest BCUT2D eigenvalue weighted by Crippen LogP contribution is 2.14. The fraction of sp³-hybridized carbons (Fsp3) is 0.971. The Morgan fingerprint density at radius 3 is 0.917 bits per heavy atom. The van der Waals surface area contributed by atoms with Gasteiger partial charge < -0.3 is 5.21 Å². The predicted octanol–water partition coefficient (Wildman–Crippen LogP) is 12.3. The largest absolute Gasteiger partial charge is 0.624 e. The fourth-order valence-corrected chi connectivity index (χ4v) is 5.30. The van der Waals surface area contributed by atoms with E-state index in [4.69, 9.17) is 0 Å². The van der Waals surface area contributed by atoms with Crippen molar-refractivity contribution in [2.45, 2.75) is 206 Å². The summed E-state index contributed by atoms with van der Waals surface area (Å²) < 4.78 is 1.21. The van der Waals surface area contributed by atoms with E-state index in [-0.39, 0.29) is 0 Å². The first-order chi connectivity index (χ1) is 17.8. The lowest BCUT2D eigenvalue weighted by Crippen LogP contribution is -2.06. The van der Waals surface area contributed by atoms with Crippen LogP contribution in [0.2, 0.25) is 0 Å². The molecule has 0 aliphatic carbocycles. The summed E-state index contributed by atoms with van der Waals surface area (Å²) in [6.45, 7) is 5.29. The monoisotopic (exact) mass is 508 g/mol. The maximum absolute atomic E-state index is 12.0. The Labute approximate surface area is 229 Å². The van der Waals surface area contributed by atoms with E-state index >= 15 is 0 Å². The van der Waals surface area contributed by atoms with Crippen molar-refractivity contribution in [3.05, 3.63) is 5.21 Å². The Bertz CT molecular complexity index is 419. The van der Waals surface area contributed by atoms with Gasteiger partial charge in [0.15, 0.2) is 12.8 Å². The number of rotatable bonds is 31. The van der Waals surface area contributed by atoms with Crippen LogP contribution in [0.5, 0.6) is 0 Å². The highest BCUT2D eigenvalue weighted by molar-refractivity contribution is 5.50. The zero-order valence-electron chi connectivity index (χ0n) is 25.4. The SMILES string of the molecule is CCCCCCCCCCCCCCCCCC=[N+]([O-])CCCCCCCCCCCCCCCC. The third-order valence-corrected chi connectivity index (χ3v) is 7.87. The second kappa shape index (κ2) is 32.5. The van der Waals surface area contributed by atoms with Gasteiger partial charge in [-0.1, -0.05) is 181 Å². The topological polar surface area (TPSA) is 26.1 Å². The van der Waals surface area contributed by atoms with E-state index in [0.717, 1.165) is 12.8 Å². The molecule has 0 saturated heterocycles. The normalized spacial score (nSPS) is 12.0. The molecule has 0 aliphatic heterocycles. The van der Waals surface area contributed by atoms with Crippen molar-refractivity contribution in [3.63, 3.8) is 0 Å². The molecule has 2 nitrogen and oxygen atoms in total. The average molecular weight is 508 g/mol. The molecular formula is C34H69NO. The molecule has 0 saturated carbocycles. The molecule has 0 N–H and O–H groups in total. The van der Waals surface area contributed by atoms with Crippen LogP contribution in [0, 0.1) is 5.21 Å². The van der Waals surface area contributed by atoms with Gasteiger partial charge in [-0.15, -0.1) is 0 Å². The van der Waals surface area contributed by atoms with Crippen LogP contribution in [-0.2, 0) is 0 Å². The maximum Gasteiger partial charge on any atom is 0.153 e. The fourth-order valence-electron chi connectivity index (χ4n) is 5.30.